The summed E-state index contributed by atoms with van der Waals surface area (Å²) in [6, 6.07) is 7.33. The molecule has 0 spiro atoms. The molecule has 0 saturated carbocycles. The number of benzene rings is 1. The van der Waals surface area contributed by atoms with Crippen LogP contribution in [0, 0.1) is 0 Å². The minimum Gasteiger partial charge on any atom is -0.478 e. The Morgan fingerprint density at radius 3 is 2.00 bits per heavy atom. The summed E-state index contributed by atoms with van der Waals surface area (Å²) in [4.78, 5) is 10.9. The normalized spacial score (nSPS) is 10.2. The predicted molar refractivity (Wildman–Crippen MR) is 88.9 cm³/mol. The summed E-state index contributed by atoms with van der Waals surface area (Å²) in [5, 5.41) is 8.96. The largest absolute Gasteiger partial charge is 0.478 e. The Hall–Kier alpha value is -0.687. The molecule has 0 unspecified atom stereocenters. The summed E-state index contributed by atoms with van der Waals surface area (Å²) in [5.74, 6) is -0.833. The van der Waals surface area contributed by atoms with Crippen molar-refractivity contribution in [2.45, 2.75) is 77.6 Å². The molecular formula is C19H30O2Zn. The number of carboxylic acids is 1. The Kier molecular flexibility index (Phi) is 13.5. The zero-order chi connectivity index (χ0) is 15.3. The first-order chi connectivity index (χ1) is 10.2. The van der Waals surface area contributed by atoms with Crippen molar-refractivity contribution in [3.8, 4) is 0 Å². The quantitative estimate of drug-likeness (QED) is 0.377. The van der Waals surface area contributed by atoms with Gasteiger partial charge in [0.05, 0.1) is 5.56 Å². The number of hydrogen-bond donors (Lipinski definition) is 1. The zero-order valence-electron chi connectivity index (χ0n) is 14.2. The minimum absolute atomic E-state index is 0. The van der Waals surface area contributed by atoms with Crippen LogP contribution in [0.1, 0.15) is 87.1 Å². The smallest absolute Gasteiger partial charge is 0.335 e. The van der Waals surface area contributed by atoms with Crippen LogP contribution in [0.5, 0.6) is 0 Å². The van der Waals surface area contributed by atoms with Crippen LogP contribution in [0.15, 0.2) is 24.3 Å². The van der Waals surface area contributed by atoms with Crippen LogP contribution in [0.2, 0.25) is 0 Å². The van der Waals surface area contributed by atoms with E-state index in [-0.39, 0.29) is 19.5 Å². The van der Waals surface area contributed by atoms with E-state index in [9.17, 15) is 4.79 Å². The Morgan fingerprint density at radius 2 is 1.45 bits per heavy atom. The monoisotopic (exact) mass is 354 g/mol. The summed E-state index contributed by atoms with van der Waals surface area (Å²) < 4.78 is 0. The third-order valence-electron chi connectivity index (χ3n) is 3.99. The van der Waals surface area contributed by atoms with Crippen molar-refractivity contribution in [1.29, 1.82) is 0 Å². The average molecular weight is 356 g/mol. The molecule has 0 aliphatic heterocycles. The molecule has 0 aromatic heterocycles. The van der Waals surface area contributed by atoms with Gasteiger partial charge in [-0.25, -0.2) is 4.79 Å². The molecular weight excluding hydrogens is 326 g/mol. The van der Waals surface area contributed by atoms with Crippen molar-refractivity contribution in [2.24, 2.45) is 0 Å². The summed E-state index contributed by atoms with van der Waals surface area (Å²) in [6.45, 7) is 2.26. The van der Waals surface area contributed by atoms with Gasteiger partial charge in [0.1, 0.15) is 0 Å². The molecule has 0 aliphatic rings. The van der Waals surface area contributed by atoms with E-state index in [1.165, 1.54) is 64.2 Å². The second-order valence-corrected chi connectivity index (χ2v) is 5.94. The molecule has 1 aromatic carbocycles. The van der Waals surface area contributed by atoms with Crippen molar-refractivity contribution in [3.63, 3.8) is 0 Å². The van der Waals surface area contributed by atoms with Crippen LogP contribution in [-0.2, 0) is 25.9 Å². The molecule has 0 atom stereocenters. The van der Waals surface area contributed by atoms with Gasteiger partial charge in [0.25, 0.3) is 0 Å². The van der Waals surface area contributed by atoms with Crippen molar-refractivity contribution < 1.29 is 29.4 Å². The van der Waals surface area contributed by atoms with Crippen LogP contribution in [0.3, 0.4) is 0 Å². The van der Waals surface area contributed by atoms with Crippen molar-refractivity contribution in [1.82, 2.24) is 0 Å². The fourth-order valence-corrected chi connectivity index (χ4v) is 2.68. The molecule has 1 rings (SSSR count). The van der Waals surface area contributed by atoms with Gasteiger partial charge >= 0.3 is 5.97 Å². The van der Waals surface area contributed by atoms with Crippen molar-refractivity contribution in [2.75, 3.05) is 0 Å². The molecule has 22 heavy (non-hydrogen) atoms. The molecule has 120 valence electrons. The third kappa shape index (κ3) is 10.1. The molecule has 0 radical (unpaired) electrons. The van der Waals surface area contributed by atoms with Crippen LogP contribution in [0.25, 0.3) is 0 Å². The van der Waals surface area contributed by atoms with Crippen LogP contribution < -0.4 is 0 Å². The first-order valence-corrected chi connectivity index (χ1v) is 8.56. The fraction of sp³-hybridized carbons (Fsp3) is 0.632. The Morgan fingerprint density at radius 1 is 0.909 bits per heavy atom. The molecule has 1 aromatic rings. The van der Waals surface area contributed by atoms with E-state index in [1.807, 2.05) is 12.1 Å². The predicted octanol–water partition coefficient (Wildman–Crippen LogP) is 5.85. The number of aryl methyl sites for hydroxylation is 1. The van der Waals surface area contributed by atoms with Crippen molar-refractivity contribution in [3.05, 3.63) is 35.4 Å². The first kappa shape index (κ1) is 21.3. The van der Waals surface area contributed by atoms with E-state index in [2.05, 4.69) is 6.92 Å². The number of hydrogen-bond acceptors (Lipinski definition) is 1. The second kappa shape index (κ2) is 13.9. The van der Waals surface area contributed by atoms with Gasteiger partial charge < -0.3 is 5.11 Å². The summed E-state index contributed by atoms with van der Waals surface area (Å²) in [5.41, 5.74) is 1.55. The van der Waals surface area contributed by atoms with Crippen LogP contribution in [-0.4, -0.2) is 11.1 Å². The van der Waals surface area contributed by atoms with Gasteiger partial charge in [-0.1, -0.05) is 76.8 Å². The van der Waals surface area contributed by atoms with Gasteiger partial charge in [0, 0.05) is 19.5 Å². The first-order valence-electron chi connectivity index (χ1n) is 8.56. The molecule has 2 nitrogen and oxygen atoms in total. The summed E-state index contributed by atoms with van der Waals surface area (Å²) >= 11 is 0. The van der Waals surface area contributed by atoms with E-state index in [4.69, 9.17) is 5.11 Å². The number of carboxylic acid groups (broad SMARTS) is 1. The minimum atomic E-state index is -0.833. The van der Waals surface area contributed by atoms with Gasteiger partial charge in [-0.05, 0) is 30.5 Å². The zero-order valence-corrected chi connectivity index (χ0v) is 17.1. The van der Waals surface area contributed by atoms with E-state index >= 15 is 0 Å². The van der Waals surface area contributed by atoms with Crippen molar-refractivity contribution >= 4 is 5.97 Å². The van der Waals surface area contributed by atoms with Gasteiger partial charge in [0.2, 0.25) is 0 Å². The number of rotatable bonds is 12. The Balaban J connectivity index is 0.00000441. The number of carbonyl (C=O) groups is 1. The van der Waals surface area contributed by atoms with Gasteiger partial charge in [-0.2, -0.15) is 0 Å². The standard InChI is InChI=1S/C19H30O2.Zn/c1-2-3-4-5-6-7-8-9-10-11-13-17-14-12-15-18(16-17)19(20)21;/h12,14-16H,2-11,13H2,1H3,(H,20,21);. The molecule has 0 heterocycles. The maximum atomic E-state index is 10.9. The second-order valence-electron chi connectivity index (χ2n) is 5.94. The molecule has 0 saturated heterocycles. The van der Waals surface area contributed by atoms with Gasteiger partial charge in [-0.3, -0.25) is 0 Å². The topological polar surface area (TPSA) is 37.3 Å². The molecule has 3 heteroatoms. The Labute approximate surface area is 148 Å². The number of unbranched alkanes of at least 4 members (excludes halogenated alkanes) is 9. The average Bonchev–Trinajstić information content (AvgIpc) is 2.49. The van der Waals surface area contributed by atoms with E-state index in [0.717, 1.165) is 12.0 Å². The maximum Gasteiger partial charge on any atom is 0.335 e. The van der Waals surface area contributed by atoms with E-state index in [1.54, 1.807) is 12.1 Å². The fourth-order valence-electron chi connectivity index (χ4n) is 2.68. The SMILES string of the molecule is CCCCCCCCCCCCc1cccc(C(=O)O)c1.[Zn]. The molecule has 0 aliphatic carbocycles. The third-order valence-corrected chi connectivity index (χ3v) is 3.99. The van der Waals surface area contributed by atoms with Crippen LogP contribution in [0.4, 0.5) is 0 Å². The van der Waals surface area contributed by atoms with Gasteiger partial charge in [-0.15, -0.1) is 0 Å². The number of aromatic carboxylic acids is 1. The molecule has 1 N–H and O–H groups in total. The van der Waals surface area contributed by atoms with E-state index in [0.29, 0.717) is 5.56 Å². The molecule has 0 bridgehead atoms. The van der Waals surface area contributed by atoms with E-state index < -0.39 is 5.97 Å². The summed E-state index contributed by atoms with van der Waals surface area (Å²) in [6.07, 6.45) is 14.3. The molecule has 0 amide bonds. The summed E-state index contributed by atoms with van der Waals surface area (Å²) in [7, 11) is 0. The molecule has 0 fully saturated rings. The van der Waals surface area contributed by atoms with Crippen LogP contribution >= 0.6 is 0 Å². The maximum absolute atomic E-state index is 10.9. The van der Waals surface area contributed by atoms with Gasteiger partial charge in [0.15, 0.2) is 0 Å². The Bertz CT molecular complexity index is 404.